The van der Waals surface area contributed by atoms with Crippen molar-refractivity contribution in [3.63, 3.8) is 0 Å². The van der Waals surface area contributed by atoms with Crippen molar-refractivity contribution in [2.75, 3.05) is 26.8 Å². The van der Waals surface area contributed by atoms with E-state index in [1.165, 1.54) is 7.11 Å². The predicted molar refractivity (Wildman–Crippen MR) is 80.4 cm³/mol. The van der Waals surface area contributed by atoms with Gasteiger partial charge in [-0.15, -0.1) is 0 Å². The van der Waals surface area contributed by atoms with E-state index >= 15 is 0 Å². The summed E-state index contributed by atoms with van der Waals surface area (Å²) in [6, 6.07) is 0. The molecule has 0 aliphatic rings. The van der Waals surface area contributed by atoms with Crippen molar-refractivity contribution in [2.45, 2.75) is 47.0 Å². The summed E-state index contributed by atoms with van der Waals surface area (Å²) in [6.45, 7) is 9.57. The Balaban J connectivity index is 3.69. The average Bonchev–Trinajstić information content (AvgIpc) is 2.31. The van der Waals surface area contributed by atoms with Crippen LogP contribution in [-0.4, -0.2) is 38.6 Å². The van der Waals surface area contributed by atoms with Crippen LogP contribution < -0.4 is 10.6 Å². The molecule has 20 heavy (non-hydrogen) atoms. The van der Waals surface area contributed by atoms with Crippen LogP contribution >= 0.6 is 0 Å². The fraction of sp³-hybridized carbons (Fsp3) is 0.867. The molecule has 0 radical (unpaired) electrons. The molecular formula is C15H30N2O3. The molecule has 0 rings (SSSR count). The summed E-state index contributed by atoms with van der Waals surface area (Å²) in [7, 11) is 1.49. The first kappa shape index (κ1) is 18.9. The van der Waals surface area contributed by atoms with Gasteiger partial charge in [0.2, 0.25) is 11.8 Å². The fourth-order valence-electron chi connectivity index (χ4n) is 2.21. The van der Waals surface area contributed by atoms with Gasteiger partial charge in [0, 0.05) is 25.6 Å². The third kappa shape index (κ3) is 8.91. The molecular weight excluding hydrogens is 256 g/mol. The Morgan fingerprint density at radius 2 is 1.65 bits per heavy atom. The third-order valence-electron chi connectivity index (χ3n) is 3.02. The summed E-state index contributed by atoms with van der Waals surface area (Å²) >= 11 is 0. The van der Waals surface area contributed by atoms with Crippen molar-refractivity contribution in [3.8, 4) is 0 Å². The van der Waals surface area contributed by atoms with Crippen molar-refractivity contribution >= 4 is 11.8 Å². The SMILES string of the molecule is COCC(=O)NCCCCNC(=O)C(C)(C)CC(C)C. The molecule has 0 saturated heterocycles. The van der Waals surface area contributed by atoms with E-state index in [1.807, 2.05) is 13.8 Å². The van der Waals surface area contributed by atoms with E-state index < -0.39 is 0 Å². The molecule has 0 aromatic rings. The second-order valence-electron chi connectivity index (χ2n) is 6.23. The van der Waals surface area contributed by atoms with Crippen molar-refractivity contribution in [1.82, 2.24) is 10.6 Å². The number of ether oxygens (including phenoxy) is 1. The van der Waals surface area contributed by atoms with E-state index in [-0.39, 0.29) is 23.8 Å². The van der Waals surface area contributed by atoms with Crippen molar-refractivity contribution in [2.24, 2.45) is 11.3 Å². The van der Waals surface area contributed by atoms with Crippen LogP contribution in [0.3, 0.4) is 0 Å². The smallest absolute Gasteiger partial charge is 0.245 e. The van der Waals surface area contributed by atoms with Crippen LogP contribution in [0.1, 0.15) is 47.0 Å². The number of unbranched alkanes of at least 4 members (excludes halogenated alkanes) is 1. The van der Waals surface area contributed by atoms with E-state index in [1.54, 1.807) is 0 Å². The number of hydrogen-bond acceptors (Lipinski definition) is 3. The molecule has 0 unspecified atom stereocenters. The zero-order chi connectivity index (χ0) is 15.6. The molecule has 0 aromatic heterocycles. The van der Waals surface area contributed by atoms with Gasteiger partial charge in [0.25, 0.3) is 0 Å². The topological polar surface area (TPSA) is 67.4 Å². The Labute approximate surface area is 122 Å². The zero-order valence-corrected chi connectivity index (χ0v) is 13.5. The second-order valence-corrected chi connectivity index (χ2v) is 6.23. The van der Waals surface area contributed by atoms with Gasteiger partial charge in [-0.1, -0.05) is 27.7 Å². The maximum absolute atomic E-state index is 12.0. The quantitative estimate of drug-likeness (QED) is 0.601. The molecule has 0 heterocycles. The molecule has 5 heteroatoms. The van der Waals surface area contributed by atoms with Gasteiger partial charge in [-0.05, 0) is 25.2 Å². The van der Waals surface area contributed by atoms with Gasteiger partial charge in [-0.2, -0.15) is 0 Å². The van der Waals surface area contributed by atoms with E-state index in [0.717, 1.165) is 19.3 Å². The molecule has 0 aliphatic heterocycles. The molecule has 0 fully saturated rings. The Morgan fingerprint density at radius 1 is 1.10 bits per heavy atom. The first-order valence-corrected chi connectivity index (χ1v) is 7.33. The summed E-state index contributed by atoms with van der Waals surface area (Å²) in [4.78, 5) is 23.1. The highest BCUT2D eigenvalue weighted by Gasteiger charge is 2.27. The van der Waals surface area contributed by atoms with Crippen LogP contribution in [-0.2, 0) is 14.3 Å². The fourth-order valence-corrected chi connectivity index (χ4v) is 2.21. The van der Waals surface area contributed by atoms with Crippen molar-refractivity contribution < 1.29 is 14.3 Å². The van der Waals surface area contributed by atoms with Gasteiger partial charge in [0.05, 0.1) is 0 Å². The van der Waals surface area contributed by atoms with Crippen molar-refractivity contribution in [1.29, 1.82) is 0 Å². The summed E-state index contributed by atoms with van der Waals surface area (Å²) in [5.74, 6) is 0.510. The third-order valence-corrected chi connectivity index (χ3v) is 3.02. The minimum atomic E-state index is -0.319. The van der Waals surface area contributed by atoms with Crippen molar-refractivity contribution in [3.05, 3.63) is 0 Å². The standard InChI is InChI=1S/C15H30N2O3/c1-12(2)10-15(3,4)14(19)17-9-7-6-8-16-13(18)11-20-5/h12H,6-11H2,1-5H3,(H,16,18)(H,17,19). The van der Waals surface area contributed by atoms with E-state index in [0.29, 0.717) is 19.0 Å². The molecule has 0 bridgehead atoms. The van der Waals surface area contributed by atoms with Gasteiger partial charge in [0.1, 0.15) is 6.61 Å². The summed E-state index contributed by atoms with van der Waals surface area (Å²) in [6.07, 6.45) is 2.59. The van der Waals surface area contributed by atoms with Gasteiger partial charge >= 0.3 is 0 Å². The van der Waals surface area contributed by atoms with Crippen LogP contribution in [0.5, 0.6) is 0 Å². The van der Waals surface area contributed by atoms with E-state index in [9.17, 15) is 9.59 Å². The normalized spacial score (nSPS) is 11.5. The molecule has 0 aromatic carbocycles. The maximum Gasteiger partial charge on any atom is 0.245 e. The highest BCUT2D eigenvalue weighted by atomic mass is 16.5. The van der Waals surface area contributed by atoms with Crippen LogP contribution in [0.2, 0.25) is 0 Å². The summed E-state index contributed by atoms with van der Waals surface area (Å²) < 4.78 is 4.71. The lowest BCUT2D eigenvalue weighted by Gasteiger charge is -2.25. The monoisotopic (exact) mass is 286 g/mol. The molecule has 118 valence electrons. The molecule has 0 atom stereocenters. The second kappa shape index (κ2) is 9.75. The molecule has 0 aliphatic carbocycles. The van der Waals surface area contributed by atoms with Gasteiger partial charge in [0.15, 0.2) is 0 Å². The van der Waals surface area contributed by atoms with E-state index in [2.05, 4.69) is 24.5 Å². The molecule has 0 saturated carbocycles. The van der Waals surface area contributed by atoms with Crippen LogP contribution in [0.4, 0.5) is 0 Å². The first-order chi connectivity index (χ1) is 9.29. The van der Waals surface area contributed by atoms with Gasteiger partial charge in [-0.25, -0.2) is 0 Å². The van der Waals surface area contributed by atoms with Crippen LogP contribution in [0, 0.1) is 11.3 Å². The Kier molecular flexibility index (Phi) is 9.21. The maximum atomic E-state index is 12.0. The Hall–Kier alpha value is -1.10. The molecule has 2 N–H and O–H groups in total. The largest absolute Gasteiger partial charge is 0.375 e. The minimum absolute atomic E-state index is 0.0973. The Morgan fingerprint density at radius 3 is 2.15 bits per heavy atom. The number of hydrogen-bond donors (Lipinski definition) is 2. The highest BCUT2D eigenvalue weighted by molar-refractivity contribution is 5.81. The molecule has 0 spiro atoms. The van der Waals surface area contributed by atoms with Gasteiger partial charge < -0.3 is 15.4 Å². The zero-order valence-electron chi connectivity index (χ0n) is 13.5. The lowest BCUT2D eigenvalue weighted by atomic mass is 9.83. The number of carbonyl (C=O) groups excluding carboxylic acids is 2. The molecule has 2 amide bonds. The number of methoxy groups -OCH3 is 1. The summed E-state index contributed by atoms with van der Waals surface area (Å²) in [5.41, 5.74) is -0.319. The number of nitrogens with one attached hydrogen (secondary N) is 2. The average molecular weight is 286 g/mol. The summed E-state index contributed by atoms with van der Waals surface area (Å²) in [5, 5.41) is 5.72. The minimum Gasteiger partial charge on any atom is -0.375 e. The van der Waals surface area contributed by atoms with E-state index in [4.69, 9.17) is 4.74 Å². The number of rotatable bonds is 10. The number of amides is 2. The highest BCUT2D eigenvalue weighted by Crippen LogP contribution is 2.25. The first-order valence-electron chi connectivity index (χ1n) is 7.33. The van der Waals surface area contributed by atoms with Crippen LogP contribution in [0.25, 0.3) is 0 Å². The van der Waals surface area contributed by atoms with Gasteiger partial charge in [-0.3, -0.25) is 9.59 Å². The molecule has 5 nitrogen and oxygen atoms in total. The van der Waals surface area contributed by atoms with Crippen LogP contribution in [0.15, 0.2) is 0 Å². The number of carbonyl (C=O) groups is 2. The predicted octanol–water partition coefficient (Wildman–Crippen LogP) is 1.72. The lowest BCUT2D eigenvalue weighted by molar-refractivity contribution is -0.130. The lowest BCUT2D eigenvalue weighted by Crippen LogP contribution is -2.38. The Bertz CT molecular complexity index is 301.